The second kappa shape index (κ2) is 14.0. The topological polar surface area (TPSA) is 0 Å². The van der Waals surface area contributed by atoms with Crippen molar-refractivity contribution >= 4 is 34.2 Å². The van der Waals surface area contributed by atoms with E-state index in [4.69, 9.17) is 11.6 Å². The van der Waals surface area contributed by atoms with Crippen LogP contribution in [0.3, 0.4) is 0 Å². The van der Waals surface area contributed by atoms with Crippen molar-refractivity contribution in [3.8, 4) is 0 Å². The summed E-state index contributed by atoms with van der Waals surface area (Å²) in [4.78, 5) is 0. The molecule has 2 heteroatoms. The molecule has 0 aromatic heterocycles. The molecule has 0 aliphatic carbocycles. The Hall–Kier alpha value is 1.02. The first-order valence-electron chi connectivity index (χ1n) is 6.03. The first-order valence-corrected chi connectivity index (χ1v) is 8.09. The highest BCUT2D eigenvalue weighted by atomic mass is 127. The summed E-state index contributed by atoms with van der Waals surface area (Å²) in [6, 6.07) is 0. The summed E-state index contributed by atoms with van der Waals surface area (Å²) in [6.45, 7) is 0. The Balaban J connectivity index is 2.78. The highest BCUT2D eigenvalue weighted by molar-refractivity contribution is 14.1. The molecule has 0 nitrogen and oxygen atoms in total. The summed E-state index contributed by atoms with van der Waals surface area (Å²) < 4.78 is 1.33. The number of alkyl halides is 2. The van der Waals surface area contributed by atoms with Gasteiger partial charge in [-0.05, 0) is 17.3 Å². The number of hydrogen-bond donors (Lipinski definition) is 0. The maximum absolute atomic E-state index is 5.61. The summed E-state index contributed by atoms with van der Waals surface area (Å²) >= 11 is 8.08. The Morgan fingerprint density at radius 1 is 0.571 bits per heavy atom. The molecule has 0 saturated heterocycles. The van der Waals surface area contributed by atoms with Crippen LogP contribution in [-0.4, -0.2) is 10.3 Å². The fourth-order valence-corrected chi connectivity index (χ4v) is 2.33. The summed E-state index contributed by atoms with van der Waals surface area (Å²) in [5, 5.41) is 0. The lowest BCUT2D eigenvalue weighted by molar-refractivity contribution is 0.564. The van der Waals surface area contributed by atoms with Crippen LogP contribution in [0.5, 0.6) is 0 Å². The van der Waals surface area contributed by atoms with Crippen LogP contribution >= 0.6 is 34.2 Å². The Labute approximate surface area is 108 Å². The highest BCUT2D eigenvalue weighted by Gasteiger charge is 1.92. The lowest BCUT2D eigenvalue weighted by Gasteiger charge is -2.01. The van der Waals surface area contributed by atoms with E-state index in [-0.39, 0.29) is 0 Å². The predicted octanol–water partition coefficient (Wildman–Crippen LogP) is 5.56. The first-order chi connectivity index (χ1) is 6.91. The Morgan fingerprint density at radius 3 is 1.29 bits per heavy atom. The summed E-state index contributed by atoms with van der Waals surface area (Å²) in [5.41, 5.74) is 0. The highest BCUT2D eigenvalue weighted by Crippen LogP contribution is 2.11. The SMILES string of the molecule is ClCCCCCCCCCCCCI. The molecular weight excluding hydrogens is 306 g/mol. The summed E-state index contributed by atoms with van der Waals surface area (Å²) in [7, 11) is 0. The maximum Gasteiger partial charge on any atom is 0.0223 e. The fraction of sp³-hybridized carbons (Fsp3) is 1.00. The Kier molecular flexibility index (Phi) is 15.0. The minimum absolute atomic E-state index is 0.844. The lowest BCUT2D eigenvalue weighted by atomic mass is 10.1. The number of hydrogen-bond acceptors (Lipinski definition) is 0. The fourth-order valence-electron chi connectivity index (χ4n) is 1.60. The van der Waals surface area contributed by atoms with Gasteiger partial charge in [-0.25, -0.2) is 0 Å². The van der Waals surface area contributed by atoms with Crippen LogP contribution in [-0.2, 0) is 0 Å². The van der Waals surface area contributed by atoms with Gasteiger partial charge in [-0.2, -0.15) is 0 Å². The van der Waals surface area contributed by atoms with Gasteiger partial charge in [-0.15, -0.1) is 11.6 Å². The van der Waals surface area contributed by atoms with Gasteiger partial charge in [0, 0.05) is 5.88 Å². The molecule has 0 spiro atoms. The van der Waals surface area contributed by atoms with Crippen molar-refractivity contribution in [2.45, 2.75) is 64.2 Å². The minimum Gasteiger partial charge on any atom is -0.127 e. The van der Waals surface area contributed by atoms with Crippen LogP contribution in [0.1, 0.15) is 64.2 Å². The van der Waals surface area contributed by atoms with Gasteiger partial charge in [0.15, 0.2) is 0 Å². The molecule has 0 heterocycles. The van der Waals surface area contributed by atoms with Crippen LogP contribution < -0.4 is 0 Å². The summed E-state index contributed by atoms with van der Waals surface area (Å²) in [6.07, 6.45) is 14.0. The molecule has 0 rings (SSSR count). The van der Waals surface area contributed by atoms with Gasteiger partial charge in [0.05, 0.1) is 0 Å². The van der Waals surface area contributed by atoms with Gasteiger partial charge in [-0.3, -0.25) is 0 Å². The molecule has 86 valence electrons. The van der Waals surface area contributed by atoms with E-state index in [1.54, 1.807) is 0 Å². The van der Waals surface area contributed by atoms with Crippen molar-refractivity contribution in [2.75, 3.05) is 10.3 Å². The van der Waals surface area contributed by atoms with Gasteiger partial charge < -0.3 is 0 Å². The largest absolute Gasteiger partial charge is 0.127 e. The molecule has 0 unspecified atom stereocenters. The van der Waals surface area contributed by atoms with Crippen molar-refractivity contribution in [3.63, 3.8) is 0 Å². The molecule has 0 aromatic carbocycles. The molecule has 0 radical (unpaired) electrons. The van der Waals surface area contributed by atoms with Crippen molar-refractivity contribution in [3.05, 3.63) is 0 Å². The van der Waals surface area contributed by atoms with Crippen molar-refractivity contribution in [1.82, 2.24) is 0 Å². The average Bonchev–Trinajstić information content (AvgIpc) is 2.21. The van der Waals surface area contributed by atoms with E-state index in [1.807, 2.05) is 0 Å². The van der Waals surface area contributed by atoms with E-state index in [2.05, 4.69) is 22.6 Å². The zero-order valence-electron chi connectivity index (χ0n) is 9.24. The van der Waals surface area contributed by atoms with Gasteiger partial charge >= 0.3 is 0 Å². The molecule has 0 bridgehead atoms. The van der Waals surface area contributed by atoms with Crippen molar-refractivity contribution < 1.29 is 0 Å². The van der Waals surface area contributed by atoms with Crippen molar-refractivity contribution in [2.24, 2.45) is 0 Å². The number of halogens is 2. The predicted molar refractivity (Wildman–Crippen MR) is 75.8 cm³/mol. The number of unbranched alkanes of at least 4 members (excludes halogenated alkanes) is 9. The third-order valence-corrected chi connectivity index (χ3v) is 3.55. The molecule has 0 aromatic rings. The van der Waals surface area contributed by atoms with Crippen LogP contribution in [0.25, 0.3) is 0 Å². The number of rotatable bonds is 11. The molecule has 0 aliphatic heterocycles. The molecule has 0 saturated carbocycles. The maximum atomic E-state index is 5.61. The van der Waals surface area contributed by atoms with E-state index in [0.29, 0.717) is 0 Å². The average molecular weight is 331 g/mol. The van der Waals surface area contributed by atoms with Gasteiger partial charge in [0.25, 0.3) is 0 Å². The normalized spacial score (nSPS) is 10.7. The van der Waals surface area contributed by atoms with Crippen LogP contribution in [0.2, 0.25) is 0 Å². The Bertz CT molecular complexity index is 84.3. The van der Waals surface area contributed by atoms with E-state index in [9.17, 15) is 0 Å². The molecule has 0 fully saturated rings. The first kappa shape index (κ1) is 15.0. The minimum atomic E-state index is 0.844. The molecule has 0 atom stereocenters. The lowest BCUT2D eigenvalue weighted by Crippen LogP contribution is -1.82. The molecular formula is C12H24ClI. The van der Waals surface area contributed by atoms with Crippen LogP contribution in [0.15, 0.2) is 0 Å². The molecule has 0 aliphatic rings. The Morgan fingerprint density at radius 2 is 0.929 bits per heavy atom. The van der Waals surface area contributed by atoms with Crippen LogP contribution in [0.4, 0.5) is 0 Å². The molecule has 0 N–H and O–H groups in total. The summed E-state index contributed by atoms with van der Waals surface area (Å²) in [5.74, 6) is 0.844. The quantitative estimate of drug-likeness (QED) is 0.264. The van der Waals surface area contributed by atoms with Gasteiger partial charge in [0.2, 0.25) is 0 Å². The van der Waals surface area contributed by atoms with Crippen molar-refractivity contribution in [1.29, 1.82) is 0 Å². The second-order valence-corrected chi connectivity index (χ2v) is 5.37. The smallest absolute Gasteiger partial charge is 0.0223 e. The van der Waals surface area contributed by atoms with E-state index >= 15 is 0 Å². The van der Waals surface area contributed by atoms with Gasteiger partial charge in [0.1, 0.15) is 0 Å². The monoisotopic (exact) mass is 330 g/mol. The standard InChI is InChI=1S/C12H24ClI/c13-11-9-7-5-3-1-2-4-6-8-10-12-14/h1-12H2. The zero-order valence-corrected chi connectivity index (χ0v) is 12.2. The van der Waals surface area contributed by atoms with Crippen LogP contribution in [0, 0.1) is 0 Å². The second-order valence-electron chi connectivity index (χ2n) is 3.91. The van der Waals surface area contributed by atoms with E-state index < -0.39 is 0 Å². The molecule has 0 amide bonds. The third kappa shape index (κ3) is 13.0. The zero-order chi connectivity index (χ0) is 10.5. The molecule has 14 heavy (non-hydrogen) atoms. The van der Waals surface area contributed by atoms with E-state index in [0.717, 1.165) is 5.88 Å². The van der Waals surface area contributed by atoms with E-state index in [1.165, 1.54) is 68.6 Å². The van der Waals surface area contributed by atoms with Gasteiger partial charge in [-0.1, -0.05) is 74.0 Å². The third-order valence-electron chi connectivity index (χ3n) is 2.52.